The number of nitrogens with zero attached hydrogens (tertiary/aromatic N) is 2. The van der Waals surface area contributed by atoms with E-state index in [-0.39, 0.29) is 0 Å². The minimum Gasteiger partial charge on any atom is -0.371 e. The summed E-state index contributed by atoms with van der Waals surface area (Å²) < 4.78 is 37.6. The number of hydrogen-bond donors (Lipinski definition) is 1. The fraction of sp³-hybridized carbons (Fsp3) is 0.417. The minimum atomic E-state index is -4.42. The summed E-state index contributed by atoms with van der Waals surface area (Å²) >= 11 is 0. The standard InChI is InChI=1S/C12H12F3N3/c13-12(14,15)11-16-9-4-3-8(7-10(9)17-11)18-5-1-2-6-18/h3-4,7H,1-2,5-6H2,(H,16,17). The van der Waals surface area contributed by atoms with Gasteiger partial charge in [-0.15, -0.1) is 0 Å². The maximum absolute atomic E-state index is 12.5. The molecule has 2 aromatic rings. The third-order valence-corrected chi connectivity index (χ3v) is 3.21. The number of anilines is 1. The molecule has 6 heteroatoms. The molecule has 1 saturated heterocycles. The Bertz CT molecular complexity index is 567. The first-order valence-corrected chi connectivity index (χ1v) is 5.86. The van der Waals surface area contributed by atoms with Crippen molar-refractivity contribution in [2.24, 2.45) is 0 Å². The van der Waals surface area contributed by atoms with Crippen LogP contribution < -0.4 is 4.90 Å². The monoisotopic (exact) mass is 255 g/mol. The number of aromatic amines is 1. The highest BCUT2D eigenvalue weighted by molar-refractivity contribution is 5.79. The summed E-state index contributed by atoms with van der Waals surface area (Å²) in [5.74, 6) is -0.934. The number of nitrogens with one attached hydrogen (secondary N) is 1. The van der Waals surface area contributed by atoms with E-state index in [1.54, 1.807) is 12.1 Å². The van der Waals surface area contributed by atoms with Gasteiger partial charge in [0, 0.05) is 18.8 Å². The zero-order valence-electron chi connectivity index (χ0n) is 9.59. The second-order valence-electron chi connectivity index (χ2n) is 4.48. The van der Waals surface area contributed by atoms with Crippen LogP contribution in [0.4, 0.5) is 18.9 Å². The molecular formula is C12H12F3N3. The fourth-order valence-electron chi connectivity index (χ4n) is 2.30. The van der Waals surface area contributed by atoms with Gasteiger partial charge in [-0.05, 0) is 31.0 Å². The van der Waals surface area contributed by atoms with Crippen molar-refractivity contribution in [3.63, 3.8) is 0 Å². The molecule has 0 radical (unpaired) electrons. The summed E-state index contributed by atoms with van der Waals surface area (Å²) in [7, 11) is 0. The third kappa shape index (κ3) is 1.91. The van der Waals surface area contributed by atoms with Crippen molar-refractivity contribution in [2.75, 3.05) is 18.0 Å². The Balaban J connectivity index is 2.01. The number of benzene rings is 1. The van der Waals surface area contributed by atoms with Gasteiger partial charge >= 0.3 is 6.18 Å². The molecule has 1 aliphatic rings. The number of imidazole rings is 1. The number of hydrogen-bond acceptors (Lipinski definition) is 2. The summed E-state index contributed by atoms with van der Waals surface area (Å²) in [6.07, 6.45) is -2.16. The summed E-state index contributed by atoms with van der Waals surface area (Å²) in [6.45, 7) is 1.93. The van der Waals surface area contributed by atoms with Gasteiger partial charge in [-0.3, -0.25) is 0 Å². The van der Waals surface area contributed by atoms with Gasteiger partial charge in [-0.2, -0.15) is 13.2 Å². The van der Waals surface area contributed by atoms with Gasteiger partial charge in [0.05, 0.1) is 11.0 Å². The lowest BCUT2D eigenvalue weighted by Crippen LogP contribution is -2.17. The van der Waals surface area contributed by atoms with Crippen LogP contribution in [0.3, 0.4) is 0 Å². The molecule has 0 saturated carbocycles. The van der Waals surface area contributed by atoms with Crippen molar-refractivity contribution in [3.8, 4) is 0 Å². The van der Waals surface area contributed by atoms with Crippen LogP contribution in [-0.4, -0.2) is 23.1 Å². The summed E-state index contributed by atoms with van der Waals surface area (Å²) in [4.78, 5) is 8.06. The van der Waals surface area contributed by atoms with E-state index in [4.69, 9.17) is 0 Å². The normalized spacial score (nSPS) is 16.7. The van der Waals surface area contributed by atoms with Crippen molar-refractivity contribution >= 4 is 16.7 Å². The molecule has 3 nitrogen and oxygen atoms in total. The highest BCUT2D eigenvalue weighted by Gasteiger charge is 2.34. The van der Waals surface area contributed by atoms with Gasteiger partial charge in [0.25, 0.3) is 0 Å². The average molecular weight is 255 g/mol. The van der Waals surface area contributed by atoms with Crippen LogP contribution in [0.1, 0.15) is 18.7 Å². The van der Waals surface area contributed by atoms with E-state index in [9.17, 15) is 13.2 Å². The van der Waals surface area contributed by atoms with Crippen molar-refractivity contribution in [3.05, 3.63) is 24.0 Å². The molecule has 0 aliphatic carbocycles. The summed E-state index contributed by atoms with van der Waals surface area (Å²) in [5, 5.41) is 0. The Hall–Kier alpha value is -1.72. The number of alkyl halides is 3. The SMILES string of the molecule is FC(F)(F)c1nc2ccc(N3CCCC3)cc2[nH]1. The van der Waals surface area contributed by atoms with Gasteiger partial charge in [0.1, 0.15) is 0 Å². The first kappa shape index (κ1) is 11.4. The van der Waals surface area contributed by atoms with E-state index in [1.165, 1.54) is 0 Å². The number of fused-ring (bicyclic) bond motifs is 1. The zero-order valence-corrected chi connectivity index (χ0v) is 9.59. The van der Waals surface area contributed by atoms with Crippen LogP contribution >= 0.6 is 0 Å². The van der Waals surface area contributed by atoms with Crippen molar-refractivity contribution in [2.45, 2.75) is 19.0 Å². The van der Waals surface area contributed by atoms with E-state index < -0.39 is 12.0 Å². The van der Waals surface area contributed by atoms with Gasteiger partial charge in [0.2, 0.25) is 5.82 Å². The molecule has 0 spiro atoms. The topological polar surface area (TPSA) is 31.9 Å². The minimum absolute atomic E-state index is 0.352. The van der Waals surface area contributed by atoms with Crippen LogP contribution in [0.2, 0.25) is 0 Å². The predicted molar refractivity (Wildman–Crippen MR) is 62.5 cm³/mol. The average Bonchev–Trinajstić information content (AvgIpc) is 2.96. The number of aromatic nitrogens is 2. The first-order valence-electron chi connectivity index (χ1n) is 5.86. The Morgan fingerprint density at radius 2 is 1.89 bits per heavy atom. The quantitative estimate of drug-likeness (QED) is 0.848. The lowest BCUT2D eigenvalue weighted by Gasteiger charge is -2.17. The molecule has 3 rings (SSSR count). The molecule has 0 bridgehead atoms. The van der Waals surface area contributed by atoms with Crippen LogP contribution in [0.5, 0.6) is 0 Å². The largest absolute Gasteiger partial charge is 0.449 e. The van der Waals surface area contributed by atoms with Gasteiger partial charge in [0.15, 0.2) is 0 Å². The molecule has 18 heavy (non-hydrogen) atoms. The maximum Gasteiger partial charge on any atom is 0.449 e. The molecule has 0 atom stereocenters. The molecule has 2 heterocycles. The Morgan fingerprint density at radius 1 is 1.17 bits per heavy atom. The first-order chi connectivity index (χ1) is 8.54. The molecule has 96 valence electrons. The van der Waals surface area contributed by atoms with Crippen molar-refractivity contribution in [1.82, 2.24) is 9.97 Å². The number of halogens is 3. The van der Waals surface area contributed by atoms with Crippen molar-refractivity contribution < 1.29 is 13.2 Å². The Morgan fingerprint density at radius 3 is 2.56 bits per heavy atom. The molecule has 0 unspecified atom stereocenters. The predicted octanol–water partition coefficient (Wildman–Crippen LogP) is 3.18. The van der Waals surface area contributed by atoms with Crippen LogP contribution in [0, 0.1) is 0 Å². The lowest BCUT2D eigenvalue weighted by atomic mass is 10.2. The van der Waals surface area contributed by atoms with Gasteiger partial charge in [-0.1, -0.05) is 0 Å². The van der Waals surface area contributed by atoms with Crippen LogP contribution in [0.25, 0.3) is 11.0 Å². The van der Waals surface area contributed by atoms with Gasteiger partial charge < -0.3 is 9.88 Å². The molecule has 1 N–H and O–H groups in total. The van der Waals surface area contributed by atoms with Gasteiger partial charge in [-0.25, -0.2) is 4.98 Å². The Kier molecular flexibility index (Phi) is 2.46. The zero-order chi connectivity index (χ0) is 12.8. The van der Waals surface area contributed by atoms with E-state index in [1.807, 2.05) is 6.07 Å². The van der Waals surface area contributed by atoms with E-state index in [0.717, 1.165) is 31.6 Å². The highest BCUT2D eigenvalue weighted by Crippen LogP contribution is 2.30. The molecule has 1 aromatic heterocycles. The van der Waals surface area contributed by atoms with Crippen LogP contribution in [-0.2, 0) is 6.18 Å². The Labute approximate surface area is 102 Å². The van der Waals surface area contributed by atoms with Crippen molar-refractivity contribution in [1.29, 1.82) is 0 Å². The smallest absolute Gasteiger partial charge is 0.371 e. The van der Waals surface area contributed by atoms with E-state index in [0.29, 0.717) is 11.0 Å². The maximum atomic E-state index is 12.5. The summed E-state index contributed by atoms with van der Waals surface area (Å²) in [5.41, 5.74) is 1.74. The number of rotatable bonds is 1. The van der Waals surface area contributed by atoms with E-state index in [2.05, 4.69) is 14.9 Å². The lowest BCUT2D eigenvalue weighted by molar-refractivity contribution is -0.144. The third-order valence-electron chi connectivity index (χ3n) is 3.21. The number of H-pyrrole nitrogens is 1. The fourth-order valence-corrected chi connectivity index (χ4v) is 2.30. The van der Waals surface area contributed by atoms with E-state index >= 15 is 0 Å². The second-order valence-corrected chi connectivity index (χ2v) is 4.48. The molecule has 1 aromatic carbocycles. The van der Waals surface area contributed by atoms with Crippen LogP contribution in [0.15, 0.2) is 18.2 Å². The molecular weight excluding hydrogens is 243 g/mol. The highest BCUT2D eigenvalue weighted by atomic mass is 19.4. The second kappa shape index (κ2) is 3.90. The molecule has 1 fully saturated rings. The molecule has 1 aliphatic heterocycles. The molecule has 0 amide bonds. The summed E-state index contributed by atoms with van der Waals surface area (Å²) in [6, 6.07) is 5.20.